The average molecular weight is 433 g/mol. The van der Waals surface area contributed by atoms with Gasteiger partial charge in [0.1, 0.15) is 30.5 Å². The van der Waals surface area contributed by atoms with Gasteiger partial charge < -0.3 is 25.2 Å². The van der Waals surface area contributed by atoms with Crippen LogP contribution in [0.5, 0.6) is 0 Å². The van der Waals surface area contributed by atoms with E-state index in [1.165, 1.54) is 24.8 Å². The van der Waals surface area contributed by atoms with Crippen LogP contribution in [0.1, 0.15) is 47.6 Å². The molecule has 1 saturated heterocycles. The minimum absolute atomic E-state index is 0.449. The highest BCUT2D eigenvalue weighted by atomic mass is 35.5. The summed E-state index contributed by atoms with van der Waals surface area (Å²) in [4.78, 5) is 0. The highest BCUT2D eigenvalue weighted by molar-refractivity contribution is 6.31. The zero-order chi connectivity index (χ0) is 21.3. The van der Waals surface area contributed by atoms with E-state index in [4.69, 9.17) is 16.3 Å². The number of aliphatic hydroxyl groups is 4. The van der Waals surface area contributed by atoms with Gasteiger partial charge in [0, 0.05) is 5.02 Å². The van der Waals surface area contributed by atoms with Crippen molar-refractivity contribution in [3.8, 4) is 0 Å². The Morgan fingerprint density at radius 1 is 0.900 bits per heavy atom. The predicted molar refractivity (Wildman–Crippen MR) is 114 cm³/mol. The molecule has 1 heterocycles. The van der Waals surface area contributed by atoms with Gasteiger partial charge in [0.25, 0.3) is 0 Å². The van der Waals surface area contributed by atoms with Crippen molar-refractivity contribution in [2.75, 3.05) is 6.61 Å². The molecule has 0 bridgehead atoms. The summed E-state index contributed by atoms with van der Waals surface area (Å²) in [5, 5.41) is 40.5. The molecule has 4 N–H and O–H groups in total. The molecule has 0 unspecified atom stereocenters. The van der Waals surface area contributed by atoms with Crippen LogP contribution in [-0.4, -0.2) is 51.4 Å². The molecule has 5 nitrogen and oxygen atoms in total. The normalized spacial score (nSPS) is 29.6. The first-order valence-corrected chi connectivity index (χ1v) is 11.0. The molecule has 2 aromatic rings. The lowest BCUT2D eigenvalue weighted by Gasteiger charge is -2.40. The first-order valence-electron chi connectivity index (χ1n) is 10.6. The highest BCUT2D eigenvalue weighted by Crippen LogP contribution is 2.34. The molecular weight excluding hydrogens is 404 g/mol. The van der Waals surface area contributed by atoms with Crippen LogP contribution in [-0.2, 0) is 17.6 Å². The van der Waals surface area contributed by atoms with Crippen molar-refractivity contribution < 1.29 is 25.2 Å². The van der Waals surface area contributed by atoms with Crippen molar-refractivity contribution in [2.24, 2.45) is 5.92 Å². The first-order chi connectivity index (χ1) is 14.5. The maximum atomic E-state index is 10.4. The van der Waals surface area contributed by atoms with Gasteiger partial charge in [-0.1, -0.05) is 67.3 Å². The summed E-state index contributed by atoms with van der Waals surface area (Å²) in [6.07, 6.45) is -0.0630. The second-order valence-corrected chi connectivity index (χ2v) is 9.00. The molecule has 1 aliphatic heterocycles. The Labute approximate surface area is 181 Å². The van der Waals surface area contributed by atoms with Gasteiger partial charge in [-0.15, -0.1) is 0 Å². The third kappa shape index (κ3) is 4.57. The number of aliphatic hydroxyl groups excluding tert-OH is 4. The van der Waals surface area contributed by atoms with Crippen molar-refractivity contribution in [1.29, 1.82) is 0 Å². The number of ether oxygens (including phenoxy) is 1. The lowest BCUT2D eigenvalue weighted by molar-refractivity contribution is -0.231. The zero-order valence-corrected chi connectivity index (χ0v) is 17.6. The van der Waals surface area contributed by atoms with Crippen LogP contribution >= 0.6 is 11.6 Å². The Morgan fingerprint density at radius 2 is 1.60 bits per heavy atom. The van der Waals surface area contributed by atoms with Crippen LogP contribution in [0.15, 0.2) is 42.5 Å². The first kappa shape index (κ1) is 21.8. The maximum Gasteiger partial charge on any atom is 0.113 e. The fourth-order valence-corrected chi connectivity index (χ4v) is 4.51. The van der Waals surface area contributed by atoms with Gasteiger partial charge in [0.15, 0.2) is 0 Å². The van der Waals surface area contributed by atoms with E-state index >= 15 is 0 Å². The number of hydrogen-bond donors (Lipinski definition) is 4. The highest BCUT2D eigenvalue weighted by Gasteiger charge is 2.44. The molecule has 4 rings (SSSR count). The number of benzene rings is 2. The summed E-state index contributed by atoms with van der Waals surface area (Å²) in [5.41, 5.74) is 4.04. The van der Waals surface area contributed by atoms with Gasteiger partial charge in [-0.3, -0.25) is 0 Å². The third-order valence-electron chi connectivity index (χ3n) is 6.46. The summed E-state index contributed by atoms with van der Waals surface area (Å²) >= 11 is 6.42. The minimum Gasteiger partial charge on any atom is -0.394 e. The van der Waals surface area contributed by atoms with E-state index in [1.807, 2.05) is 6.07 Å². The molecule has 2 aliphatic rings. The van der Waals surface area contributed by atoms with Crippen molar-refractivity contribution in [3.63, 3.8) is 0 Å². The Bertz CT molecular complexity index is 849. The van der Waals surface area contributed by atoms with Gasteiger partial charge in [-0.2, -0.15) is 0 Å². The molecule has 0 aromatic heterocycles. The molecule has 6 heteroatoms. The van der Waals surface area contributed by atoms with Crippen molar-refractivity contribution in [1.82, 2.24) is 0 Å². The van der Waals surface area contributed by atoms with Gasteiger partial charge in [-0.25, -0.2) is 0 Å². The molecule has 0 spiro atoms. The molecule has 1 aliphatic carbocycles. The Hall–Kier alpha value is -1.47. The zero-order valence-electron chi connectivity index (χ0n) is 16.8. The van der Waals surface area contributed by atoms with Crippen LogP contribution in [0.3, 0.4) is 0 Å². The molecule has 162 valence electrons. The third-order valence-corrected chi connectivity index (χ3v) is 6.83. The summed E-state index contributed by atoms with van der Waals surface area (Å²) in [5.74, 6) is 0.834. The lowest BCUT2D eigenvalue weighted by atomic mass is 9.81. The van der Waals surface area contributed by atoms with Gasteiger partial charge in [-0.05, 0) is 47.1 Å². The quantitative estimate of drug-likeness (QED) is 0.563. The van der Waals surface area contributed by atoms with Crippen LogP contribution in [0.2, 0.25) is 5.02 Å². The SMILES string of the molecule is OC[C@H]1O[C@@H](c2ccc(Cl)c(Cc3ccc(CC4CCC4)cc3)c2)[C@H](O)[C@@H](O)[C@@H]1O. The topological polar surface area (TPSA) is 90.2 Å². The van der Waals surface area contributed by atoms with E-state index in [-0.39, 0.29) is 0 Å². The lowest BCUT2D eigenvalue weighted by Crippen LogP contribution is -2.55. The van der Waals surface area contributed by atoms with E-state index in [0.717, 1.165) is 23.5 Å². The molecule has 1 saturated carbocycles. The monoisotopic (exact) mass is 432 g/mol. The van der Waals surface area contributed by atoms with Gasteiger partial charge in [0.05, 0.1) is 6.61 Å². The van der Waals surface area contributed by atoms with Crippen LogP contribution in [0, 0.1) is 5.92 Å². The summed E-state index contributed by atoms with van der Waals surface area (Å²) < 4.78 is 5.68. The van der Waals surface area contributed by atoms with Crippen LogP contribution in [0.25, 0.3) is 0 Å². The summed E-state index contributed by atoms with van der Waals surface area (Å²) in [7, 11) is 0. The van der Waals surface area contributed by atoms with E-state index < -0.39 is 37.1 Å². The average Bonchev–Trinajstić information content (AvgIpc) is 2.72. The van der Waals surface area contributed by atoms with E-state index in [0.29, 0.717) is 17.0 Å². The van der Waals surface area contributed by atoms with Crippen LogP contribution in [0.4, 0.5) is 0 Å². The number of hydrogen-bond acceptors (Lipinski definition) is 5. The Kier molecular flexibility index (Phi) is 6.78. The molecule has 0 amide bonds. The minimum atomic E-state index is -1.40. The van der Waals surface area contributed by atoms with Crippen molar-refractivity contribution in [3.05, 3.63) is 69.7 Å². The maximum absolute atomic E-state index is 10.4. The smallest absolute Gasteiger partial charge is 0.113 e. The number of rotatable bonds is 6. The van der Waals surface area contributed by atoms with Crippen LogP contribution < -0.4 is 0 Å². The largest absolute Gasteiger partial charge is 0.394 e. The molecule has 2 aromatic carbocycles. The Balaban J connectivity index is 1.50. The second kappa shape index (κ2) is 9.35. The molecule has 2 fully saturated rings. The standard InChI is InChI=1S/C24H29ClO5/c25-19-9-8-17(24-23(29)22(28)21(27)20(13-26)30-24)12-18(19)11-16-6-4-15(5-7-16)10-14-2-1-3-14/h4-9,12,14,20-24,26-29H,1-3,10-11,13H2/t20-,21-,22+,23-,24+/m1/s1. The predicted octanol–water partition coefficient (Wildman–Crippen LogP) is 2.79. The van der Waals surface area contributed by atoms with E-state index in [9.17, 15) is 20.4 Å². The van der Waals surface area contributed by atoms with Crippen molar-refractivity contribution in [2.45, 2.75) is 62.6 Å². The van der Waals surface area contributed by atoms with Gasteiger partial charge in [0.2, 0.25) is 0 Å². The fourth-order valence-electron chi connectivity index (χ4n) is 4.33. The molecular formula is C24H29ClO5. The van der Waals surface area contributed by atoms with E-state index in [1.54, 1.807) is 12.1 Å². The van der Waals surface area contributed by atoms with Gasteiger partial charge >= 0.3 is 0 Å². The fraction of sp³-hybridized carbons (Fsp3) is 0.500. The molecule has 5 atom stereocenters. The molecule has 0 radical (unpaired) electrons. The van der Waals surface area contributed by atoms with E-state index in [2.05, 4.69) is 24.3 Å². The molecule has 30 heavy (non-hydrogen) atoms. The number of halogens is 1. The second-order valence-electron chi connectivity index (χ2n) is 8.59. The van der Waals surface area contributed by atoms with Crippen molar-refractivity contribution >= 4 is 11.6 Å². The summed E-state index contributed by atoms with van der Waals surface area (Å²) in [6.45, 7) is -0.449. The summed E-state index contributed by atoms with van der Waals surface area (Å²) in [6, 6.07) is 14.0. The Morgan fingerprint density at radius 3 is 2.23 bits per heavy atom.